The Hall–Kier alpha value is -5.81. The topological polar surface area (TPSA) is 131 Å². The van der Waals surface area contributed by atoms with Crippen LogP contribution in [-0.4, -0.2) is 102 Å². The zero-order valence-corrected chi connectivity index (χ0v) is 42.5. The van der Waals surface area contributed by atoms with Gasteiger partial charge in [0.05, 0.1) is 17.8 Å². The Balaban J connectivity index is 0.875. The monoisotopic (exact) mass is 963 g/mol. The minimum atomic E-state index is -0.703. The fourth-order valence-electron chi connectivity index (χ4n) is 11.2. The zero-order valence-electron chi connectivity index (χ0n) is 42.5. The summed E-state index contributed by atoms with van der Waals surface area (Å²) in [4.78, 5) is 76.2. The summed E-state index contributed by atoms with van der Waals surface area (Å²) in [7, 11) is 2.05. The third-order valence-corrected chi connectivity index (χ3v) is 16.0. The lowest BCUT2D eigenvalue weighted by Crippen LogP contribution is -2.45. The van der Waals surface area contributed by atoms with Gasteiger partial charge in [0.25, 0.3) is 11.8 Å². The summed E-state index contributed by atoms with van der Waals surface area (Å²) in [6.45, 7) is 5.95. The van der Waals surface area contributed by atoms with E-state index in [1.165, 1.54) is 75.3 Å². The molecule has 0 bridgehead atoms. The molecule has 5 amide bonds. The minimum Gasteiger partial charge on any atom is -0.356 e. The molecule has 4 aromatic carbocycles. The molecule has 2 saturated heterocycles. The van der Waals surface area contributed by atoms with E-state index >= 15 is 0 Å². The molecule has 2 aliphatic heterocycles. The predicted octanol–water partition coefficient (Wildman–Crippen LogP) is 9.67. The summed E-state index contributed by atoms with van der Waals surface area (Å²) in [5.41, 5.74) is 4.32. The third kappa shape index (κ3) is 13.6. The van der Waals surface area contributed by atoms with Crippen LogP contribution in [0.5, 0.6) is 0 Å². The van der Waals surface area contributed by atoms with Crippen molar-refractivity contribution in [3.63, 3.8) is 0 Å². The van der Waals surface area contributed by atoms with Crippen LogP contribution in [0.3, 0.4) is 0 Å². The first-order chi connectivity index (χ1) is 34.6. The Labute approximate surface area is 422 Å². The number of nitrogens with zero attached hydrogens (tertiary/aromatic N) is 3. The summed E-state index contributed by atoms with van der Waals surface area (Å²) >= 11 is 0. The first kappa shape index (κ1) is 51.5. The highest BCUT2D eigenvalue weighted by Gasteiger charge is 2.49. The molecule has 2 saturated carbocycles. The second kappa shape index (κ2) is 25.0. The molecule has 4 fully saturated rings. The van der Waals surface area contributed by atoms with Crippen LogP contribution >= 0.6 is 0 Å². The Morgan fingerprint density at radius 3 is 1.39 bits per heavy atom. The number of benzene rings is 4. The molecule has 11 nitrogen and oxygen atoms in total. The largest absolute Gasteiger partial charge is 0.356 e. The molecule has 9 atom stereocenters. The molecule has 0 unspecified atom stereocenters. The number of carbonyl (C=O) groups excluding carboxylic acids is 5. The van der Waals surface area contributed by atoms with Gasteiger partial charge < -0.3 is 25.8 Å². The quantitative estimate of drug-likeness (QED) is 0.0568. The lowest BCUT2D eigenvalue weighted by atomic mass is 9.94. The van der Waals surface area contributed by atoms with Gasteiger partial charge in [-0.1, -0.05) is 169 Å². The Morgan fingerprint density at radius 2 is 0.930 bits per heavy atom. The summed E-state index contributed by atoms with van der Waals surface area (Å²) in [5, 5.41) is 9.67. The van der Waals surface area contributed by atoms with Gasteiger partial charge in [-0.25, -0.2) is 0 Å². The molecule has 0 radical (unpaired) electrons. The molecule has 11 heteroatoms. The van der Waals surface area contributed by atoms with E-state index in [2.05, 4.69) is 71.1 Å². The third-order valence-electron chi connectivity index (χ3n) is 16.0. The van der Waals surface area contributed by atoms with Crippen LogP contribution in [0, 0.1) is 17.8 Å². The van der Waals surface area contributed by atoms with Crippen molar-refractivity contribution in [1.82, 2.24) is 30.7 Å². The van der Waals surface area contributed by atoms with Gasteiger partial charge in [0, 0.05) is 79.9 Å². The van der Waals surface area contributed by atoms with Crippen LogP contribution in [0.15, 0.2) is 115 Å². The van der Waals surface area contributed by atoms with Gasteiger partial charge in [-0.05, 0) is 74.2 Å². The molecular formula is C60H78N6O5. The standard InChI is InChI=1S/C60H78N6O5/c1-4-5-6-7-8-9-10-11-12-13-14-24-35-61-56(67)52-40-66(41-55(52)64(3)42(2)43-25-18-15-19-26-43)60(71)47-33-31-46(32-34-47)59(70)65-38-50(57(68)62-53-36-48(53)44-27-20-16-21-28-44)51(39-65)58(69)63-54-37-49(54)45-29-22-17-23-30-45/h15-23,25-34,42,48-55H,4-14,24,35-41H2,1-3H3,(H,61,67)(H,62,68)(H,63,69)/t42-,48-,49-,50-,51-,52-,53+,54+,55-/m1/s1. The van der Waals surface area contributed by atoms with Crippen molar-refractivity contribution in [2.45, 2.75) is 140 Å². The number of amides is 5. The van der Waals surface area contributed by atoms with Crippen LogP contribution in [0.1, 0.15) is 159 Å². The molecule has 0 aromatic heterocycles. The van der Waals surface area contributed by atoms with Crippen molar-refractivity contribution in [2.75, 3.05) is 39.8 Å². The normalized spacial score (nSPS) is 23.8. The fourth-order valence-corrected chi connectivity index (χ4v) is 11.2. The highest BCUT2D eigenvalue weighted by Crippen LogP contribution is 2.43. The summed E-state index contributed by atoms with van der Waals surface area (Å²) < 4.78 is 0. The zero-order chi connectivity index (χ0) is 49.7. The maximum atomic E-state index is 14.3. The average Bonchev–Trinajstić information content (AvgIpc) is 4.25. The number of carbonyl (C=O) groups is 5. The van der Waals surface area contributed by atoms with E-state index in [0.717, 1.165) is 31.2 Å². The van der Waals surface area contributed by atoms with Gasteiger partial charge in [0.15, 0.2) is 0 Å². The number of likely N-dealkylation sites (tertiary alicyclic amines) is 2. The Kier molecular flexibility index (Phi) is 18.2. The van der Waals surface area contributed by atoms with E-state index in [1.807, 2.05) is 61.6 Å². The first-order valence-corrected chi connectivity index (χ1v) is 27.0. The van der Waals surface area contributed by atoms with E-state index < -0.39 is 17.8 Å². The number of rotatable bonds is 25. The first-order valence-electron chi connectivity index (χ1n) is 27.0. The molecule has 4 aromatic rings. The smallest absolute Gasteiger partial charge is 0.253 e. The van der Waals surface area contributed by atoms with Crippen LogP contribution < -0.4 is 16.0 Å². The van der Waals surface area contributed by atoms with Gasteiger partial charge >= 0.3 is 0 Å². The Morgan fingerprint density at radius 1 is 0.521 bits per heavy atom. The minimum absolute atomic E-state index is 0.0124. The lowest BCUT2D eigenvalue weighted by molar-refractivity contribution is -0.133. The summed E-state index contributed by atoms with van der Waals surface area (Å²) in [5.74, 6) is -2.27. The number of nitrogens with one attached hydrogen (secondary N) is 3. The second-order valence-electron chi connectivity index (χ2n) is 21.1. The lowest BCUT2D eigenvalue weighted by Gasteiger charge is -2.33. The fraction of sp³-hybridized carbons (Fsp3) is 0.517. The van der Waals surface area contributed by atoms with Crippen LogP contribution in [0.4, 0.5) is 0 Å². The van der Waals surface area contributed by atoms with Gasteiger partial charge in [0.2, 0.25) is 17.7 Å². The van der Waals surface area contributed by atoms with Crippen molar-refractivity contribution >= 4 is 29.5 Å². The van der Waals surface area contributed by atoms with Crippen molar-refractivity contribution < 1.29 is 24.0 Å². The van der Waals surface area contributed by atoms with Crippen molar-refractivity contribution in [3.05, 3.63) is 143 Å². The predicted molar refractivity (Wildman–Crippen MR) is 281 cm³/mol. The van der Waals surface area contributed by atoms with Gasteiger partial charge in [0.1, 0.15) is 0 Å². The van der Waals surface area contributed by atoms with E-state index in [4.69, 9.17) is 0 Å². The SMILES string of the molecule is CCCCCCCCCCCCCCNC(=O)[C@@H]1CN(C(=O)c2ccc(C(=O)N3C[C@@H](C(=O)N[C@H]4C[C@@H]4c4ccccc4)[C@H](C(=O)N[C@H]4C[C@@H]4c4ccccc4)C3)cc2)C[C@H]1N(C)[C@H](C)c1ccccc1. The number of hydrogen-bond donors (Lipinski definition) is 3. The molecule has 0 spiro atoms. The molecule has 2 heterocycles. The van der Waals surface area contributed by atoms with Crippen LogP contribution in [0.2, 0.25) is 0 Å². The summed E-state index contributed by atoms with van der Waals surface area (Å²) in [6, 6.07) is 37.0. The van der Waals surface area contributed by atoms with Gasteiger partial charge in [-0.15, -0.1) is 0 Å². The molecule has 8 rings (SSSR count). The maximum absolute atomic E-state index is 14.3. The molecule has 4 aliphatic rings. The second-order valence-corrected chi connectivity index (χ2v) is 21.1. The molecule has 2 aliphatic carbocycles. The van der Waals surface area contributed by atoms with Crippen LogP contribution in [-0.2, 0) is 14.4 Å². The van der Waals surface area contributed by atoms with Gasteiger partial charge in [-0.3, -0.25) is 28.9 Å². The number of hydrogen-bond acceptors (Lipinski definition) is 6. The molecule has 3 N–H and O–H groups in total. The Bertz CT molecular complexity index is 2290. The van der Waals surface area contributed by atoms with Crippen LogP contribution in [0.25, 0.3) is 0 Å². The number of unbranched alkanes of at least 4 members (excludes halogenated alkanes) is 11. The molecular weight excluding hydrogens is 885 g/mol. The van der Waals surface area contributed by atoms with Crippen molar-refractivity contribution in [3.8, 4) is 0 Å². The molecule has 378 valence electrons. The molecule has 71 heavy (non-hydrogen) atoms. The number of likely N-dealkylation sites (N-methyl/N-ethyl adjacent to an activating group) is 1. The van der Waals surface area contributed by atoms with E-state index in [1.54, 1.807) is 34.1 Å². The highest BCUT2D eigenvalue weighted by atomic mass is 16.2. The maximum Gasteiger partial charge on any atom is 0.253 e. The average molecular weight is 963 g/mol. The summed E-state index contributed by atoms with van der Waals surface area (Å²) in [6.07, 6.45) is 16.8. The highest BCUT2D eigenvalue weighted by molar-refractivity contribution is 5.99. The van der Waals surface area contributed by atoms with Crippen molar-refractivity contribution in [2.24, 2.45) is 17.8 Å². The van der Waals surface area contributed by atoms with E-state index in [-0.39, 0.29) is 78.6 Å². The van der Waals surface area contributed by atoms with E-state index in [0.29, 0.717) is 30.8 Å². The van der Waals surface area contributed by atoms with Gasteiger partial charge in [-0.2, -0.15) is 0 Å². The van der Waals surface area contributed by atoms with E-state index in [9.17, 15) is 24.0 Å². The van der Waals surface area contributed by atoms with Crippen molar-refractivity contribution in [1.29, 1.82) is 0 Å².